The third kappa shape index (κ3) is 2.02. The van der Waals surface area contributed by atoms with E-state index in [9.17, 15) is 9.59 Å². The molecule has 1 aromatic rings. The van der Waals surface area contributed by atoms with E-state index in [-0.39, 0.29) is 23.7 Å². The molecule has 0 N–H and O–H groups in total. The zero-order chi connectivity index (χ0) is 15.1. The average molecular weight is 285 g/mol. The fourth-order valence-electron chi connectivity index (χ4n) is 4.28. The molecule has 2 fully saturated rings. The largest absolute Gasteiger partial charge is 0.274 e. The number of benzene rings is 1. The molecule has 0 radical (unpaired) electrons. The molecule has 3 nitrogen and oxygen atoms in total. The Bertz CT molecular complexity index is 552. The third-order valence-electron chi connectivity index (χ3n) is 5.42. The van der Waals surface area contributed by atoms with Gasteiger partial charge < -0.3 is 0 Å². The molecule has 3 heteroatoms. The predicted molar refractivity (Wildman–Crippen MR) is 82.8 cm³/mol. The Labute approximate surface area is 126 Å². The van der Waals surface area contributed by atoms with E-state index in [1.807, 2.05) is 31.2 Å². The van der Waals surface area contributed by atoms with Crippen molar-refractivity contribution in [2.75, 3.05) is 4.90 Å². The van der Waals surface area contributed by atoms with Crippen LogP contribution in [0.1, 0.15) is 38.7 Å². The van der Waals surface area contributed by atoms with E-state index in [1.54, 1.807) is 0 Å². The number of hydrogen-bond acceptors (Lipinski definition) is 2. The van der Waals surface area contributed by atoms with E-state index in [0.29, 0.717) is 11.8 Å². The van der Waals surface area contributed by atoms with E-state index in [0.717, 1.165) is 30.5 Å². The maximum Gasteiger partial charge on any atom is 0.237 e. The predicted octanol–water partition coefficient (Wildman–Crippen LogP) is 3.56. The summed E-state index contributed by atoms with van der Waals surface area (Å²) in [7, 11) is 0. The molecule has 0 bridgehead atoms. The van der Waals surface area contributed by atoms with Gasteiger partial charge >= 0.3 is 0 Å². The monoisotopic (exact) mass is 285 g/mol. The van der Waals surface area contributed by atoms with Crippen LogP contribution in [-0.4, -0.2) is 11.8 Å². The van der Waals surface area contributed by atoms with E-state index in [2.05, 4.69) is 13.8 Å². The first kappa shape index (κ1) is 14.3. The van der Waals surface area contributed by atoms with Crippen LogP contribution in [0.3, 0.4) is 0 Å². The van der Waals surface area contributed by atoms with Crippen LogP contribution >= 0.6 is 0 Å². The van der Waals surface area contributed by atoms with E-state index >= 15 is 0 Å². The highest BCUT2D eigenvalue weighted by Crippen LogP contribution is 2.50. The second-order valence-corrected chi connectivity index (χ2v) is 6.42. The Morgan fingerprint density at radius 3 is 2.00 bits per heavy atom. The van der Waals surface area contributed by atoms with Crippen molar-refractivity contribution >= 4 is 17.5 Å². The number of fused-ring (bicyclic) bond motifs is 1. The zero-order valence-corrected chi connectivity index (χ0v) is 13.0. The molecule has 0 aromatic heterocycles. The lowest BCUT2D eigenvalue weighted by Gasteiger charge is -2.21. The van der Waals surface area contributed by atoms with Crippen LogP contribution in [0, 0.1) is 30.6 Å². The molecule has 3 rings (SSSR count). The SMILES string of the molecule is CCC1CC(CC)C2C(=O)N(c3ccccc3C)C(=O)C12. The molecule has 0 spiro atoms. The summed E-state index contributed by atoms with van der Waals surface area (Å²) in [6.45, 7) is 6.22. The van der Waals surface area contributed by atoms with Crippen LogP contribution in [-0.2, 0) is 9.59 Å². The number of imide groups is 1. The summed E-state index contributed by atoms with van der Waals surface area (Å²) in [4.78, 5) is 27.2. The van der Waals surface area contributed by atoms with Crippen molar-refractivity contribution in [2.45, 2.75) is 40.0 Å². The highest BCUT2D eigenvalue weighted by molar-refractivity contribution is 6.22. The quantitative estimate of drug-likeness (QED) is 0.796. The molecule has 1 aliphatic carbocycles. The van der Waals surface area contributed by atoms with E-state index in [4.69, 9.17) is 0 Å². The van der Waals surface area contributed by atoms with E-state index in [1.165, 1.54) is 4.90 Å². The molecule has 1 aliphatic heterocycles. The van der Waals surface area contributed by atoms with Gasteiger partial charge in [-0.3, -0.25) is 9.59 Å². The first-order valence-electron chi connectivity index (χ1n) is 8.03. The van der Waals surface area contributed by atoms with Gasteiger partial charge in [0.25, 0.3) is 0 Å². The van der Waals surface area contributed by atoms with Gasteiger partial charge in [0.05, 0.1) is 17.5 Å². The number of para-hydroxylation sites is 1. The maximum absolute atomic E-state index is 12.9. The highest BCUT2D eigenvalue weighted by Gasteiger charge is 2.57. The lowest BCUT2D eigenvalue weighted by atomic mass is 9.88. The van der Waals surface area contributed by atoms with Crippen molar-refractivity contribution in [1.82, 2.24) is 0 Å². The molecule has 4 atom stereocenters. The van der Waals surface area contributed by atoms with Gasteiger partial charge in [-0.15, -0.1) is 0 Å². The van der Waals surface area contributed by atoms with Crippen LogP contribution in [0.15, 0.2) is 24.3 Å². The second-order valence-electron chi connectivity index (χ2n) is 6.42. The smallest absolute Gasteiger partial charge is 0.237 e. The second kappa shape index (κ2) is 5.28. The zero-order valence-electron chi connectivity index (χ0n) is 13.0. The summed E-state index contributed by atoms with van der Waals surface area (Å²) >= 11 is 0. The van der Waals surface area contributed by atoms with Crippen LogP contribution in [0.4, 0.5) is 5.69 Å². The minimum absolute atomic E-state index is 0.0297. The average Bonchev–Trinajstić information content (AvgIpc) is 2.98. The molecule has 2 amide bonds. The number of carbonyl (C=O) groups is 2. The van der Waals surface area contributed by atoms with Gasteiger partial charge in [0, 0.05) is 0 Å². The molecular weight excluding hydrogens is 262 g/mol. The fraction of sp³-hybridized carbons (Fsp3) is 0.556. The number of anilines is 1. The number of nitrogens with zero attached hydrogens (tertiary/aromatic N) is 1. The normalized spacial score (nSPS) is 31.9. The van der Waals surface area contributed by atoms with Crippen molar-refractivity contribution in [2.24, 2.45) is 23.7 Å². The number of rotatable bonds is 3. The van der Waals surface area contributed by atoms with Gasteiger partial charge in [-0.1, -0.05) is 44.9 Å². The summed E-state index contributed by atoms with van der Waals surface area (Å²) in [6, 6.07) is 7.67. The van der Waals surface area contributed by atoms with Crippen molar-refractivity contribution < 1.29 is 9.59 Å². The van der Waals surface area contributed by atoms with Crippen LogP contribution in [0.25, 0.3) is 0 Å². The molecule has 1 saturated heterocycles. The van der Waals surface area contributed by atoms with Gasteiger partial charge in [-0.25, -0.2) is 4.90 Å². The molecular formula is C18H23NO2. The van der Waals surface area contributed by atoms with Gasteiger partial charge in [0.1, 0.15) is 0 Å². The van der Waals surface area contributed by atoms with Crippen molar-refractivity contribution in [1.29, 1.82) is 0 Å². The van der Waals surface area contributed by atoms with Crippen molar-refractivity contribution in [3.05, 3.63) is 29.8 Å². The summed E-state index contributed by atoms with van der Waals surface area (Å²) in [5.74, 6) is 0.610. The first-order chi connectivity index (χ1) is 10.1. The summed E-state index contributed by atoms with van der Waals surface area (Å²) in [5, 5.41) is 0. The molecule has 112 valence electrons. The highest BCUT2D eigenvalue weighted by atomic mass is 16.2. The van der Waals surface area contributed by atoms with Gasteiger partial charge in [0.2, 0.25) is 11.8 Å². The lowest BCUT2D eigenvalue weighted by Crippen LogP contribution is -2.34. The third-order valence-corrected chi connectivity index (χ3v) is 5.42. The number of carbonyl (C=O) groups excluding carboxylic acids is 2. The fourth-order valence-corrected chi connectivity index (χ4v) is 4.28. The first-order valence-corrected chi connectivity index (χ1v) is 8.03. The van der Waals surface area contributed by atoms with Crippen LogP contribution in [0.5, 0.6) is 0 Å². The Balaban J connectivity index is 2.02. The molecule has 21 heavy (non-hydrogen) atoms. The van der Waals surface area contributed by atoms with Gasteiger partial charge in [-0.05, 0) is 36.8 Å². The van der Waals surface area contributed by atoms with Crippen LogP contribution < -0.4 is 4.90 Å². The molecule has 1 saturated carbocycles. The minimum Gasteiger partial charge on any atom is -0.274 e. The molecule has 1 heterocycles. The summed E-state index contributed by atoms with van der Waals surface area (Å²) in [5.41, 5.74) is 1.76. The van der Waals surface area contributed by atoms with Crippen molar-refractivity contribution in [3.63, 3.8) is 0 Å². The summed E-state index contributed by atoms with van der Waals surface area (Å²) in [6.07, 6.45) is 3.00. The Morgan fingerprint density at radius 2 is 1.52 bits per heavy atom. The topological polar surface area (TPSA) is 37.4 Å². The Morgan fingerprint density at radius 1 is 1.00 bits per heavy atom. The number of hydrogen-bond donors (Lipinski definition) is 0. The van der Waals surface area contributed by atoms with Crippen LogP contribution in [0.2, 0.25) is 0 Å². The van der Waals surface area contributed by atoms with E-state index < -0.39 is 0 Å². The van der Waals surface area contributed by atoms with Crippen molar-refractivity contribution in [3.8, 4) is 0 Å². The molecule has 2 aliphatic rings. The summed E-state index contributed by atoms with van der Waals surface area (Å²) < 4.78 is 0. The lowest BCUT2D eigenvalue weighted by molar-refractivity contribution is -0.123. The minimum atomic E-state index is -0.0907. The molecule has 1 aromatic carbocycles. The number of aryl methyl sites for hydroxylation is 1. The van der Waals surface area contributed by atoms with Gasteiger partial charge in [-0.2, -0.15) is 0 Å². The molecule has 4 unspecified atom stereocenters. The van der Waals surface area contributed by atoms with Gasteiger partial charge in [0.15, 0.2) is 0 Å². The Hall–Kier alpha value is -1.64. The standard InChI is InChI=1S/C18H23NO2/c1-4-12-10-13(5-2)16-15(12)17(20)19(18(16)21)14-9-7-6-8-11(14)3/h6-9,12-13,15-16H,4-5,10H2,1-3H3. The number of amides is 2. The maximum atomic E-state index is 12.9. The Kier molecular flexibility index (Phi) is 3.60.